The van der Waals surface area contributed by atoms with Crippen molar-refractivity contribution in [3.63, 3.8) is 0 Å². The fourth-order valence-electron chi connectivity index (χ4n) is 2.13. The van der Waals surface area contributed by atoms with Crippen molar-refractivity contribution in [3.8, 4) is 0 Å². The van der Waals surface area contributed by atoms with Gasteiger partial charge in [0.2, 0.25) is 0 Å². The van der Waals surface area contributed by atoms with Gasteiger partial charge in [-0.25, -0.2) is 0 Å². The molecule has 2 rings (SSSR count). The van der Waals surface area contributed by atoms with E-state index in [-0.39, 0.29) is 0 Å². The van der Waals surface area contributed by atoms with Crippen LogP contribution >= 0.6 is 15.6 Å². The van der Waals surface area contributed by atoms with Crippen molar-refractivity contribution >= 4 is 22.3 Å². The van der Waals surface area contributed by atoms with Gasteiger partial charge in [-0.2, -0.15) is 0 Å². The fourth-order valence-corrected chi connectivity index (χ4v) is 9.79. The van der Waals surface area contributed by atoms with Crippen molar-refractivity contribution in [2.45, 2.75) is 25.7 Å². The Bertz CT molecular complexity index is 103. The molecule has 0 spiro atoms. The molecule has 2 heterocycles. The highest BCUT2D eigenvalue weighted by Gasteiger charge is 2.22. The number of hydrogen-bond donors (Lipinski definition) is 0. The third-order valence-electron chi connectivity index (χ3n) is 2.80. The molecular formula is C8H17BP2. The van der Waals surface area contributed by atoms with Crippen LogP contribution in [0.4, 0.5) is 0 Å². The first-order valence-corrected chi connectivity index (χ1v) is 8.69. The maximum absolute atomic E-state index is 1.71. The van der Waals surface area contributed by atoms with Crippen LogP contribution in [0.15, 0.2) is 0 Å². The summed E-state index contributed by atoms with van der Waals surface area (Å²) in [6.07, 6.45) is 12.8. The maximum Gasteiger partial charge on any atom is 0.181 e. The van der Waals surface area contributed by atoms with Crippen LogP contribution in [0.25, 0.3) is 0 Å². The molecule has 11 heavy (non-hydrogen) atoms. The summed E-state index contributed by atoms with van der Waals surface area (Å²) in [7, 11) is 1.15. The van der Waals surface area contributed by atoms with Gasteiger partial charge in [0.15, 0.2) is 6.72 Å². The van der Waals surface area contributed by atoms with E-state index in [0.717, 1.165) is 0 Å². The zero-order valence-corrected chi connectivity index (χ0v) is 9.05. The van der Waals surface area contributed by atoms with Gasteiger partial charge >= 0.3 is 0 Å². The highest BCUT2D eigenvalue weighted by atomic mass is 31.2. The summed E-state index contributed by atoms with van der Waals surface area (Å²) in [5.41, 5.74) is 0. The van der Waals surface area contributed by atoms with Gasteiger partial charge in [0.05, 0.1) is 0 Å². The molecule has 2 aliphatic heterocycles. The first-order valence-electron chi connectivity index (χ1n) is 4.90. The Labute approximate surface area is 73.2 Å². The molecule has 0 aromatic carbocycles. The Hall–Kier alpha value is 0.925. The van der Waals surface area contributed by atoms with Gasteiger partial charge in [-0.1, -0.05) is 0 Å². The monoisotopic (exact) mass is 186 g/mol. The third kappa shape index (κ3) is 2.43. The van der Waals surface area contributed by atoms with Crippen molar-refractivity contribution in [2.75, 3.05) is 24.6 Å². The summed E-state index contributed by atoms with van der Waals surface area (Å²) in [6.45, 7) is 1.71. The van der Waals surface area contributed by atoms with E-state index in [1.54, 1.807) is 57.0 Å². The molecule has 0 saturated carbocycles. The van der Waals surface area contributed by atoms with Crippen LogP contribution in [0, 0.1) is 0 Å². The second kappa shape index (κ2) is 4.24. The first kappa shape index (κ1) is 8.52. The molecule has 0 amide bonds. The summed E-state index contributed by atoms with van der Waals surface area (Å²) in [4.78, 5) is 0. The lowest BCUT2D eigenvalue weighted by atomic mass is 10.4. The van der Waals surface area contributed by atoms with Crippen molar-refractivity contribution in [1.29, 1.82) is 0 Å². The predicted octanol–water partition coefficient (Wildman–Crippen LogP) is 2.80. The van der Waals surface area contributed by atoms with Crippen LogP contribution in [-0.2, 0) is 0 Å². The van der Waals surface area contributed by atoms with Gasteiger partial charge < -0.3 is 0 Å². The van der Waals surface area contributed by atoms with Gasteiger partial charge in [-0.3, -0.25) is 0 Å². The van der Waals surface area contributed by atoms with Gasteiger partial charge in [0.1, 0.15) is 0 Å². The molecule has 3 heteroatoms. The minimum absolute atomic E-state index is 0.573. The summed E-state index contributed by atoms with van der Waals surface area (Å²) in [5, 5.41) is 0. The summed E-state index contributed by atoms with van der Waals surface area (Å²) in [5.74, 6) is 0. The van der Waals surface area contributed by atoms with E-state index in [2.05, 4.69) is 0 Å². The van der Waals surface area contributed by atoms with Crippen LogP contribution in [0.3, 0.4) is 0 Å². The highest BCUT2D eigenvalue weighted by Crippen LogP contribution is 2.54. The van der Waals surface area contributed by atoms with E-state index < -0.39 is 0 Å². The Balaban J connectivity index is 1.71. The highest BCUT2D eigenvalue weighted by molar-refractivity contribution is 8.15. The molecule has 62 valence electrons. The van der Waals surface area contributed by atoms with Crippen LogP contribution in [-0.4, -0.2) is 31.4 Å². The van der Waals surface area contributed by atoms with E-state index in [1.165, 1.54) is 0 Å². The fraction of sp³-hybridized carbons (Fsp3) is 1.00. The molecule has 0 aromatic rings. The lowest BCUT2D eigenvalue weighted by Crippen LogP contribution is -1.90. The van der Waals surface area contributed by atoms with E-state index >= 15 is 0 Å². The normalized spacial score (nSPS) is 28.0. The van der Waals surface area contributed by atoms with Crippen LogP contribution in [0.5, 0.6) is 0 Å². The lowest BCUT2D eigenvalue weighted by Gasteiger charge is -2.13. The van der Waals surface area contributed by atoms with Crippen LogP contribution < -0.4 is 0 Å². The quantitative estimate of drug-likeness (QED) is 0.459. The molecule has 0 radical (unpaired) electrons. The van der Waals surface area contributed by atoms with Crippen LogP contribution in [0.2, 0.25) is 0 Å². The van der Waals surface area contributed by atoms with Crippen molar-refractivity contribution in [2.24, 2.45) is 0 Å². The molecular weight excluding hydrogens is 169 g/mol. The average Bonchev–Trinajstić information content (AvgIpc) is 2.60. The van der Waals surface area contributed by atoms with Crippen molar-refractivity contribution in [1.82, 2.24) is 0 Å². The molecule has 0 aromatic heterocycles. The van der Waals surface area contributed by atoms with E-state index in [0.29, 0.717) is 15.6 Å². The summed E-state index contributed by atoms with van der Waals surface area (Å²) in [6, 6.07) is 0. The largest absolute Gasteiger partial charge is 0.181 e. The minimum Gasteiger partial charge on any atom is -0.139 e. The van der Waals surface area contributed by atoms with Gasteiger partial charge in [-0.05, 0) is 50.3 Å². The molecule has 2 aliphatic rings. The van der Waals surface area contributed by atoms with Crippen LogP contribution in [0.1, 0.15) is 25.7 Å². The Morgan fingerprint density at radius 1 is 0.636 bits per heavy atom. The average molecular weight is 186 g/mol. The van der Waals surface area contributed by atoms with Crippen molar-refractivity contribution in [3.05, 3.63) is 0 Å². The van der Waals surface area contributed by atoms with E-state index in [9.17, 15) is 0 Å². The second-order valence-electron chi connectivity index (χ2n) is 3.79. The molecule has 0 aliphatic carbocycles. The molecule has 0 unspecified atom stereocenters. The van der Waals surface area contributed by atoms with Gasteiger partial charge in [-0.15, -0.1) is 15.6 Å². The SMILES string of the molecule is B(P1CCCC1)P1CCCC1. The second-order valence-corrected chi connectivity index (χ2v) is 9.40. The standard InChI is InChI=1S/C8H17BP2/c1-2-6-10(5-1)9-11-7-3-4-8-11/h9H,1-8H2. The van der Waals surface area contributed by atoms with Gasteiger partial charge in [0.25, 0.3) is 0 Å². The lowest BCUT2D eigenvalue weighted by molar-refractivity contribution is 0.949. The molecule has 0 N–H and O–H groups in total. The summed E-state index contributed by atoms with van der Waals surface area (Å²) >= 11 is 0. The minimum atomic E-state index is 0.573. The van der Waals surface area contributed by atoms with Gasteiger partial charge in [0, 0.05) is 0 Å². The molecule has 0 nitrogen and oxygen atoms in total. The number of hydrogen-bond acceptors (Lipinski definition) is 0. The molecule has 0 bridgehead atoms. The Morgan fingerprint density at radius 3 is 1.36 bits per heavy atom. The van der Waals surface area contributed by atoms with E-state index in [4.69, 9.17) is 0 Å². The molecule has 2 saturated heterocycles. The van der Waals surface area contributed by atoms with E-state index in [1.807, 2.05) is 0 Å². The van der Waals surface area contributed by atoms with Crippen molar-refractivity contribution < 1.29 is 0 Å². The Morgan fingerprint density at radius 2 is 1.00 bits per heavy atom. The zero-order chi connectivity index (χ0) is 7.52. The summed E-state index contributed by atoms with van der Waals surface area (Å²) < 4.78 is 0. The maximum atomic E-state index is 1.71. The molecule has 0 atom stereocenters. The Kier molecular flexibility index (Phi) is 3.29. The zero-order valence-electron chi connectivity index (χ0n) is 7.26. The smallest absolute Gasteiger partial charge is 0.139 e. The number of rotatable bonds is 2. The third-order valence-corrected chi connectivity index (χ3v) is 9.79. The predicted molar refractivity (Wildman–Crippen MR) is 58.9 cm³/mol. The topological polar surface area (TPSA) is 0 Å². The first-order chi connectivity index (χ1) is 5.45. The molecule has 2 fully saturated rings.